The van der Waals surface area contributed by atoms with Crippen LogP contribution in [0.2, 0.25) is 0 Å². The summed E-state index contributed by atoms with van der Waals surface area (Å²) in [6, 6.07) is -1.10. The molecular formula is C13H20N4O3S. The second-order valence-electron chi connectivity index (χ2n) is 4.98. The zero-order chi connectivity index (χ0) is 15.6. The monoisotopic (exact) mass is 312 g/mol. The molecule has 1 aliphatic rings. The molecule has 2 atom stereocenters. The predicted octanol–water partition coefficient (Wildman–Crippen LogP) is 1.04. The molecule has 2 N–H and O–H groups in total. The Morgan fingerprint density at radius 2 is 2.29 bits per heavy atom. The average molecular weight is 312 g/mol. The molecule has 2 amide bonds. The summed E-state index contributed by atoms with van der Waals surface area (Å²) in [7, 11) is 1.84. The fourth-order valence-electron chi connectivity index (χ4n) is 2.43. The van der Waals surface area contributed by atoms with E-state index in [1.54, 1.807) is 4.68 Å². The molecular weight excluding hydrogens is 292 g/mol. The predicted molar refractivity (Wildman–Crippen MR) is 80.0 cm³/mol. The number of carboxylic acids is 1. The SMILES string of the molecule is CCc1nn(C)cc1CNC(=O)N1C(C)SCC1C(=O)O. The number of aliphatic carboxylic acids is 1. The van der Waals surface area contributed by atoms with Gasteiger partial charge in [0.25, 0.3) is 0 Å². The molecule has 0 bridgehead atoms. The van der Waals surface area contributed by atoms with Crippen LogP contribution in [0.1, 0.15) is 25.1 Å². The number of carbonyl (C=O) groups excluding carboxylic acids is 1. The average Bonchev–Trinajstić information content (AvgIpc) is 2.98. The summed E-state index contributed by atoms with van der Waals surface area (Å²) < 4.78 is 1.72. The van der Waals surface area contributed by atoms with Gasteiger partial charge in [-0.25, -0.2) is 9.59 Å². The topological polar surface area (TPSA) is 87.5 Å². The summed E-state index contributed by atoms with van der Waals surface area (Å²) in [5.41, 5.74) is 1.90. The zero-order valence-corrected chi connectivity index (χ0v) is 13.2. The van der Waals surface area contributed by atoms with Crippen LogP contribution in [-0.2, 0) is 24.8 Å². The van der Waals surface area contributed by atoms with Crippen LogP contribution in [-0.4, -0.2) is 49.0 Å². The lowest BCUT2D eigenvalue weighted by molar-refractivity contribution is -0.141. The highest BCUT2D eigenvalue weighted by Gasteiger charge is 2.39. The van der Waals surface area contributed by atoms with Gasteiger partial charge in [0, 0.05) is 31.1 Å². The normalized spacial score (nSPS) is 21.6. The van der Waals surface area contributed by atoms with Crippen molar-refractivity contribution in [3.8, 4) is 0 Å². The second-order valence-corrected chi connectivity index (χ2v) is 6.33. The van der Waals surface area contributed by atoms with Gasteiger partial charge in [-0.3, -0.25) is 9.58 Å². The van der Waals surface area contributed by atoms with Crippen LogP contribution < -0.4 is 5.32 Å². The second kappa shape index (κ2) is 6.38. The summed E-state index contributed by atoms with van der Waals surface area (Å²) in [6.07, 6.45) is 2.66. The lowest BCUT2D eigenvalue weighted by Gasteiger charge is -2.25. The Labute approximate surface area is 127 Å². The van der Waals surface area contributed by atoms with Crippen molar-refractivity contribution in [2.75, 3.05) is 5.75 Å². The first-order valence-corrected chi connectivity index (χ1v) is 7.90. The Balaban J connectivity index is 2.02. The highest BCUT2D eigenvalue weighted by atomic mass is 32.2. The van der Waals surface area contributed by atoms with Crippen LogP contribution in [0.4, 0.5) is 4.79 Å². The van der Waals surface area contributed by atoms with Crippen LogP contribution in [0.3, 0.4) is 0 Å². The Kier molecular flexibility index (Phi) is 4.76. The standard InChI is InChI=1S/C13H20N4O3S/c1-4-10-9(6-16(3)15-10)5-14-13(20)17-8(2)21-7-11(17)12(18)19/h6,8,11H,4-5,7H2,1-3H3,(H,14,20)(H,18,19). The first kappa shape index (κ1) is 15.7. The van der Waals surface area contributed by atoms with Crippen LogP contribution in [0, 0.1) is 0 Å². The van der Waals surface area contributed by atoms with Gasteiger partial charge in [-0.2, -0.15) is 5.10 Å². The number of carbonyl (C=O) groups is 2. The van der Waals surface area contributed by atoms with Crippen molar-refractivity contribution < 1.29 is 14.7 Å². The van der Waals surface area contributed by atoms with E-state index < -0.39 is 12.0 Å². The third-order valence-electron chi connectivity index (χ3n) is 3.50. The lowest BCUT2D eigenvalue weighted by atomic mass is 10.2. The maximum atomic E-state index is 12.3. The number of amides is 2. The number of hydrogen-bond donors (Lipinski definition) is 2. The number of nitrogens with one attached hydrogen (secondary N) is 1. The van der Waals surface area contributed by atoms with Crippen molar-refractivity contribution in [3.05, 3.63) is 17.5 Å². The summed E-state index contributed by atoms with van der Waals surface area (Å²) >= 11 is 1.47. The number of aromatic nitrogens is 2. The van der Waals surface area contributed by atoms with Gasteiger partial charge < -0.3 is 10.4 Å². The van der Waals surface area contributed by atoms with Crippen molar-refractivity contribution in [2.45, 2.75) is 38.2 Å². The number of urea groups is 1. The summed E-state index contributed by atoms with van der Waals surface area (Å²) in [4.78, 5) is 24.9. The highest BCUT2D eigenvalue weighted by molar-refractivity contribution is 8.00. The molecule has 1 aromatic rings. The summed E-state index contributed by atoms with van der Waals surface area (Å²) in [5.74, 6) is -0.533. The molecule has 0 aliphatic carbocycles. The van der Waals surface area contributed by atoms with Crippen LogP contribution in [0.5, 0.6) is 0 Å². The summed E-state index contributed by atoms with van der Waals surface area (Å²) in [5, 5.41) is 16.2. The molecule has 0 aromatic carbocycles. The number of carboxylic acid groups (broad SMARTS) is 1. The van der Waals surface area contributed by atoms with E-state index in [2.05, 4.69) is 10.4 Å². The minimum absolute atomic E-state index is 0.134. The molecule has 21 heavy (non-hydrogen) atoms. The molecule has 1 aromatic heterocycles. The molecule has 0 saturated carbocycles. The van der Waals surface area contributed by atoms with Crippen LogP contribution >= 0.6 is 11.8 Å². The van der Waals surface area contributed by atoms with E-state index in [0.717, 1.165) is 17.7 Å². The van der Waals surface area contributed by atoms with Crippen LogP contribution in [0.15, 0.2) is 6.20 Å². The molecule has 2 unspecified atom stereocenters. The Bertz CT molecular complexity index is 546. The van der Waals surface area contributed by atoms with Gasteiger partial charge in [-0.1, -0.05) is 6.92 Å². The van der Waals surface area contributed by atoms with E-state index in [0.29, 0.717) is 12.3 Å². The van der Waals surface area contributed by atoms with E-state index in [-0.39, 0.29) is 11.4 Å². The van der Waals surface area contributed by atoms with Gasteiger partial charge in [0.2, 0.25) is 0 Å². The number of aryl methyl sites for hydroxylation is 2. The summed E-state index contributed by atoms with van der Waals surface area (Å²) in [6.45, 7) is 4.21. The fourth-order valence-corrected chi connectivity index (χ4v) is 3.60. The highest BCUT2D eigenvalue weighted by Crippen LogP contribution is 2.28. The molecule has 116 valence electrons. The third kappa shape index (κ3) is 3.31. The van der Waals surface area contributed by atoms with Gasteiger partial charge in [-0.15, -0.1) is 11.8 Å². The van der Waals surface area contributed by atoms with E-state index in [1.165, 1.54) is 16.7 Å². The molecule has 7 nitrogen and oxygen atoms in total. The zero-order valence-electron chi connectivity index (χ0n) is 12.4. The van der Waals surface area contributed by atoms with E-state index in [1.807, 2.05) is 27.1 Å². The van der Waals surface area contributed by atoms with E-state index >= 15 is 0 Å². The quantitative estimate of drug-likeness (QED) is 0.867. The maximum Gasteiger partial charge on any atom is 0.327 e. The molecule has 1 aliphatic heterocycles. The van der Waals surface area contributed by atoms with Gasteiger partial charge in [0.1, 0.15) is 6.04 Å². The van der Waals surface area contributed by atoms with Gasteiger partial charge in [0.05, 0.1) is 11.1 Å². The van der Waals surface area contributed by atoms with Gasteiger partial charge >= 0.3 is 12.0 Å². The van der Waals surface area contributed by atoms with Crippen LogP contribution in [0.25, 0.3) is 0 Å². The van der Waals surface area contributed by atoms with E-state index in [9.17, 15) is 14.7 Å². The van der Waals surface area contributed by atoms with Crippen molar-refractivity contribution >= 4 is 23.8 Å². The molecule has 2 rings (SSSR count). The number of hydrogen-bond acceptors (Lipinski definition) is 4. The van der Waals surface area contributed by atoms with E-state index in [4.69, 9.17) is 0 Å². The molecule has 1 fully saturated rings. The minimum atomic E-state index is -0.961. The van der Waals surface area contributed by atoms with Gasteiger partial charge in [0.15, 0.2) is 0 Å². The van der Waals surface area contributed by atoms with Gasteiger partial charge in [-0.05, 0) is 13.3 Å². The lowest BCUT2D eigenvalue weighted by Crippen LogP contribution is -2.49. The first-order valence-electron chi connectivity index (χ1n) is 6.86. The number of thioether (sulfide) groups is 1. The third-order valence-corrected chi connectivity index (χ3v) is 4.72. The Morgan fingerprint density at radius 3 is 2.90 bits per heavy atom. The maximum absolute atomic E-state index is 12.3. The largest absolute Gasteiger partial charge is 0.480 e. The molecule has 1 saturated heterocycles. The van der Waals surface area contributed by atoms with Crippen molar-refractivity contribution in [2.24, 2.45) is 7.05 Å². The molecule has 8 heteroatoms. The van der Waals surface area contributed by atoms with Crippen molar-refractivity contribution in [1.82, 2.24) is 20.0 Å². The van der Waals surface area contributed by atoms with Crippen molar-refractivity contribution in [3.63, 3.8) is 0 Å². The smallest absolute Gasteiger partial charge is 0.327 e. The first-order chi connectivity index (χ1) is 9.93. The minimum Gasteiger partial charge on any atom is -0.480 e. The molecule has 0 spiro atoms. The number of rotatable bonds is 4. The van der Waals surface area contributed by atoms with Crippen molar-refractivity contribution in [1.29, 1.82) is 0 Å². The fraction of sp³-hybridized carbons (Fsp3) is 0.615. The molecule has 2 heterocycles. The number of nitrogens with zero attached hydrogens (tertiary/aromatic N) is 3. The molecule has 0 radical (unpaired) electrons. The Morgan fingerprint density at radius 1 is 1.57 bits per heavy atom. The Hall–Kier alpha value is -1.70.